The minimum absolute atomic E-state index is 0.0219. The fourth-order valence-electron chi connectivity index (χ4n) is 1.90. The highest BCUT2D eigenvalue weighted by molar-refractivity contribution is 6.33. The lowest BCUT2D eigenvalue weighted by atomic mass is 10.1. The Morgan fingerprint density at radius 1 is 1.56 bits per heavy atom. The summed E-state index contributed by atoms with van der Waals surface area (Å²) < 4.78 is 5.40. The Morgan fingerprint density at radius 2 is 2.33 bits per heavy atom. The van der Waals surface area contributed by atoms with Crippen LogP contribution in [0, 0.1) is 0 Å². The average molecular weight is 270 g/mol. The first-order valence-electron chi connectivity index (χ1n) is 5.88. The van der Waals surface area contributed by atoms with Gasteiger partial charge in [-0.1, -0.05) is 11.6 Å². The number of aromatic nitrogens is 1. The number of nitrogens with one attached hydrogen (secondary N) is 2. The molecule has 0 aromatic carbocycles. The molecule has 1 aromatic heterocycles. The molecule has 0 aliphatic carbocycles. The summed E-state index contributed by atoms with van der Waals surface area (Å²) in [6, 6.07) is 3.40. The van der Waals surface area contributed by atoms with Crippen molar-refractivity contribution in [2.45, 2.75) is 25.5 Å². The number of pyridine rings is 1. The number of hydrogen-bond donors (Lipinski definition) is 2. The maximum absolute atomic E-state index is 12.1. The van der Waals surface area contributed by atoms with Gasteiger partial charge in [-0.2, -0.15) is 0 Å². The molecule has 5 nitrogen and oxygen atoms in total. The number of carbonyl (C=O) groups excluding carboxylic acids is 1. The van der Waals surface area contributed by atoms with Crippen LogP contribution in [0.1, 0.15) is 23.8 Å². The van der Waals surface area contributed by atoms with Gasteiger partial charge in [0.15, 0.2) is 0 Å². The van der Waals surface area contributed by atoms with Crippen LogP contribution in [0.4, 0.5) is 5.82 Å². The van der Waals surface area contributed by atoms with E-state index in [0.29, 0.717) is 17.4 Å². The predicted octanol–water partition coefficient (Wildman–Crippen LogP) is 1.68. The van der Waals surface area contributed by atoms with Crippen molar-refractivity contribution in [1.82, 2.24) is 10.3 Å². The van der Waals surface area contributed by atoms with Gasteiger partial charge in [-0.15, -0.1) is 0 Å². The zero-order chi connectivity index (χ0) is 13.1. The van der Waals surface area contributed by atoms with Gasteiger partial charge >= 0.3 is 0 Å². The summed E-state index contributed by atoms with van der Waals surface area (Å²) in [7, 11) is 1.74. The lowest BCUT2D eigenvalue weighted by molar-refractivity contribution is 0.0862. The third-order valence-corrected chi connectivity index (χ3v) is 3.31. The van der Waals surface area contributed by atoms with Gasteiger partial charge in [0.25, 0.3) is 5.91 Å². The van der Waals surface area contributed by atoms with Gasteiger partial charge in [0.1, 0.15) is 11.5 Å². The molecule has 1 aliphatic heterocycles. The van der Waals surface area contributed by atoms with E-state index in [0.717, 1.165) is 6.42 Å². The second-order valence-corrected chi connectivity index (χ2v) is 4.63. The minimum atomic E-state index is -0.264. The normalized spacial score (nSPS) is 22.8. The van der Waals surface area contributed by atoms with E-state index in [1.807, 2.05) is 6.92 Å². The molecule has 18 heavy (non-hydrogen) atoms. The summed E-state index contributed by atoms with van der Waals surface area (Å²) in [5.41, 5.74) is 0.239. The molecule has 0 spiro atoms. The van der Waals surface area contributed by atoms with Gasteiger partial charge in [0.2, 0.25) is 0 Å². The van der Waals surface area contributed by atoms with Gasteiger partial charge in [-0.25, -0.2) is 4.98 Å². The highest BCUT2D eigenvalue weighted by Gasteiger charge is 2.27. The van der Waals surface area contributed by atoms with Gasteiger partial charge in [-0.3, -0.25) is 4.79 Å². The number of hydrogen-bond acceptors (Lipinski definition) is 4. The Bertz CT molecular complexity index is 453. The van der Waals surface area contributed by atoms with E-state index in [1.54, 1.807) is 19.2 Å². The van der Waals surface area contributed by atoms with Crippen molar-refractivity contribution in [3.05, 3.63) is 22.8 Å². The number of nitrogens with zero attached hydrogens (tertiary/aromatic N) is 1. The zero-order valence-corrected chi connectivity index (χ0v) is 11.1. The third-order valence-electron chi connectivity index (χ3n) is 3.01. The number of anilines is 1. The van der Waals surface area contributed by atoms with Crippen molar-refractivity contribution in [3.8, 4) is 0 Å². The standard InChI is InChI=1S/C12H16ClN3O2/c1-7-9(5-6-18-7)15-12(17)11-8(13)3-4-10(14-2)16-11/h3-4,7,9H,5-6H2,1-2H3,(H,14,16)(H,15,17). The first kappa shape index (κ1) is 13.1. The Hall–Kier alpha value is -1.33. The second-order valence-electron chi connectivity index (χ2n) is 4.22. The fourth-order valence-corrected chi connectivity index (χ4v) is 2.09. The van der Waals surface area contributed by atoms with Gasteiger partial charge in [-0.05, 0) is 25.5 Å². The summed E-state index contributed by atoms with van der Waals surface area (Å²) in [5, 5.41) is 6.12. The maximum Gasteiger partial charge on any atom is 0.271 e. The van der Waals surface area contributed by atoms with Gasteiger partial charge in [0.05, 0.1) is 17.2 Å². The Balaban J connectivity index is 2.12. The van der Waals surface area contributed by atoms with Crippen LogP contribution in [0.3, 0.4) is 0 Å². The van der Waals surface area contributed by atoms with E-state index in [-0.39, 0.29) is 23.7 Å². The average Bonchev–Trinajstić information content (AvgIpc) is 2.75. The van der Waals surface area contributed by atoms with Crippen LogP contribution >= 0.6 is 11.6 Å². The van der Waals surface area contributed by atoms with Crippen molar-refractivity contribution in [2.24, 2.45) is 0 Å². The molecule has 6 heteroatoms. The molecule has 2 unspecified atom stereocenters. The highest BCUT2D eigenvalue weighted by atomic mass is 35.5. The molecule has 1 saturated heterocycles. The Kier molecular flexibility index (Phi) is 4.04. The molecular formula is C12H16ClN3O2. The summed E-state index contributed by atoms with van der Waals surface area (Å²) in [4.78, 5) is 16.3. The van der Waals surface area contributed by atoms with E-state index < -0.39 is 0 Å². The van der Waals surface area contributed by atoms with Crippen LogP contribution < -0.4 is 10.6 Å². The molecule has 0 bridgehead atoms. The van der Waals surface area contributed by atoms with Crippen LogP contribution in [-0.4, -0.2) is 36.7 Å². The second kappa shape index (κ2) is 5.54. The van der Waals surface area contributed by atoms with Crippen molar-refractivity contribution >= 4 is 23.3 Å². The Morgan fingerprint density at radius 3 is 2.94 bits per heavy atom. The largest absolute Gasteiger partial charge is 0.376 e. The molecule has 2 rings (SSSR count). The first-order valence-corrected chi connectivity index (χ1v) is 6.26. The molecule has 2 atom stereocenters. The van der Waals surface area contributed by atoms with Crippen LogP contribution in [0.15, 0.2) is 12.1 Å². The SMILES string of the molecule is CNc1ccc(Cl)c(C(=O)NC2CCOC2C)n1. The molecule has 1 fully saturated rings. The quantitative estimate of drug-likeness (QED) is 0.876. The predicted molar refractivity (Wildman–Crippen MR) is 70.1 cm³/mol. The highest BCUT2D eigenvalue weighted by Crippen LogP contribution is 2.18. The fraction of sp³-hybridized carbons (Fsp3) is 0.500. The van der Waals surface area contributed by atoms with Crippen molar-refractivity contribution in [1.29, 1.82) is 0 Å². The molecule has 0 radical (unpaired) electrons. The first-order chi connectivity index (χ1) is 8.61. The Labute approximate surface area is 111 Å². The lowest BCUT2D eigenvalue weighted by Crippen LogP contribution is -2.39. The summed E-state index contributed by atoms with van der Waals surface area (Å²) in [6.07, 6.45) is 0.844. The summed E-state index contributed by atoms with van der Waals surface area (Å²) in [6.45, 7) is 2.61. The van der Waals surface area contributed by atoms with Crippen molar-refractivity contribution in [2.75, 3.05) is 19.0 Å². The molecule has 1 aromatic rings. The van der Waals surface area contributed by atoms with E-state index in [2.05, 4.69) is 15.6 Å². The number of ether oxygens (including phenoxy) is 1. The number of halogens is 1. The van der Waals surface area contributed by atoms with Crippen LogP contribution in [0.2, 0.25) is 5.02 Å². The molecule has 2 N–H and O–H groups in total. The minimum Gasteiger partial charge on any atom is -0.376 e. The molecule has 0 saturated carbocycles. The zero-order valence-electron chi connectivity index (χ0n) is 10.4. The monoisotopic (exact) mass is 269 g/mol. The van der Waals surface area contributed by atoms with E-state index in [9.17, 15) is 4.79 Å². The topological polar surface area (TPSA) is 63.2 Å². The van der Waals surface area contributed by atoms with Gasteiger partial charge < -0.3 is 15.4 Å². The van der Waals surface area contributed by atoms with Crippen LogP contribution in [-0.2, 0) is 4.74 Å². The summed E-state index contributed by atoms with van der Waals surface area (Å²) >= 11 is 5.99. The van der Waals surface area contributed by atoms with E-state index in [4.69, 9.17) is 16.3 Å². The third kappa shape index (κ3) is 2.73. The number of rotatable bonds is 3. The molecule has 1 aliphatic rings. The molecule has 98 valence electrons. The molecule has 2 heterocycles. The summed E-state index contributed by atoms with van der Waals surface area (Å²) in [5.74, 6) is 0.347. The van der Waals surface area contributed by atoms with Gasteiger partial charge in [0, 0.05) is 13.7 Å². The van der Waals surface area contributed by atoms with Crippen molar-refractivity contribution in [3.63, 3.8) is 0 Å². The van der Waals surface area contributed by atoms with E-state index >= 15 is 0 Å². The van der Waals surface area contributed by atoms with E-state index in [1.165, 1.54) is 0 Å². The molecular weight excluding hydrogens is 254 g/mol. The number of amides is 1. The van der Waals surface area contributed by atoms with Crippen LogP contribution in [0.25, 0.3) is 0 Å². The number of carbonyl (C=O) groups is 1. The van der Waals surface area contributed by atoms with Crippen LogP contribution in [0.5, 0.6) is 0 Å². The maximum atomic E-state index is 12.1. The molecule has 1 amide bonds. The lowest BCUT2D eigenvalue weighted by Gasteiger charge is -2.16. The smallest absolute Gasteiger partial charge is 0.271 e. The van der Waals surface area contributed by atoms with Crippen molar-refractivity contribution < 1.29 is 9.53 Å².